The van der Waals surface area contributed by atoms with Gasteiger partial charge in [0.2, 0.25) is 11.8 Å². The molecular formula is C36H30N2O6. The number of para-hydroxylation sites is 1. The first-order chi connectivity index (χ1) is 21.2. The minimum absolute atomic E-state index is 0.000835. The molecule has 0 spiro atoms. The van der Waals surface area contributed by atoms with Crippen molar-refractivity contribution in [1.29, 1.82) is 0 Å². The van der Waals surface area contributed by atoms with Gasteiger partial charge in [0.15, 0.2) is 11.6 Å². The van der Waals surface area contributed by atoms with Gasteiger partial charge in [0.1, 0.15) is 5.75 Å². The topological polar surface area (TPSA) is 135 Å². The SMILES string of the molecule is Cc1cccc(C2C3=CCC4C(=O)N(C(N)=O)C(=O)C4C3CC3C(=O)C(c4ccccc4)=CC(=O)C32c2ccccc2)c1O. The summed E-state index contributed by atoms with van der Waals surface area (Å²) in [5.41, 5.74) is 7.33. The number of amides is 4. The van der Waals surface area contributed by atoms with Crippen molar-refractivity contribution in [2.24, 2.45) is 29.4 Å². The zero-order valence-electron chi connectivity index (χ0n) is 24.0. The molecule has 3 aliphatic carbocycles. The van der Waals surface area contributed by atoms with Gasteiger partial charge in [-0.1, -0.05) is 90.5 Å². The average Bonchev–Trinajstić information content (AvgIpc) is 3.29. The van der Waals surface area contributed by atoms with E-state index in [-0.39, 0.29) is 35.7 Å². The Morgan fingerprint density at radius 3 is 2.25 bits per heavy atom. The van der Waals surface area contributed by atoms with Crippen LogP contribution in [0.2, 0.25) is 0 Å². The summed E-state index contributed by atoms with van der Waals surface area (Å²) in [7, 11) is 0. The molecule has 4 aliphatic rings. The van der Waals surface area contributed by atoms with Crippen LogP contribution in [0.4, 0.5) is 4.79 Å². The van der Waals surface area contributed by atoms with E-state index in [1.54, 1.807) is 49.4 Å². The maximum absolute atomic E-state index is 14.9. The van der Waals surface area contributed by atoms with Gasteiger partial charge in [-0.25, -0.2) is 4.79 Å². The molecule has 220 valence electrons. The normalized spacial score (nSPS) is 29.4. The highest BCUT2D eigenvalue weighted by Crippen LogP contribution is 2.64. The van der Waals surface area contributed by atoms with Crippen LogP contribution in [0.25, 0.3) is 5.57 Å². The number of aryl methyl sites for hydroxylation is 1. The van der Waals surface area contributed by atoms with Crippen LogP contribution in [0.15, 0.2) is 96.6 Å². The van der Waals surface area contributed by atoms with Gasteiger partial charge in [0.25, 0.3) is 0 Å². The number of hydrogen-bond donors (Lipinski definition) is 2. The maximum Gasteiger partial charge on any atom is 0.328 e. The Morgan fingerprint density at radius 1 is 0.886 bits per heavy atom. The van der Waals surface area contributed by atoms with Gasteiger partial charge in [-0.3, -0.25) is 19.2 Å². The van der Waals surface area contributed by atoms with Gasteiger partial charge >= 0.3 is 6.03 Å². The van der Waals surface area contributed by atoms with Crippen molar-refractivity contribution >= 4 is 35.0 Å². The number of imide groups is 3. The summed E-state index contributed by atoms with van der Waals surface area (Å²) in [5.74, 6) is -5.99. The first kappa shape index (κ1) is 27.7. The van der Waals surface area contributed by atoms with Crippen LogP contribution < -0.4 is 5.73 Å². The molecule has 3 N–H and O–H groups in total. The van der Waals surface area contributed by atoms with Gasteiger partial charge < -0.3 is 10.8 Å². The van der Waals surface area contributed by atoms with Crippen LogP contribution in [-0.4, -0.2) is 39.4 Å². The Bertz CT molecular complexity index is 1830. The first-order valence-electron chi connectivity index (χ1n) is 14.7. The molecular weight excluding hydrogens is 556 g/mol. The molecule has 7 rings (SSSR count). The highest BCUT2D eigenvalue weighted by atomic mass is 16.3. The fraction of sp³-hybridized carbons (Fsp3) is 0.250. The van der Waals surface area contributed by atoms with Crippen LogP contribution in [0, 0.1) is 30.6 Å². The van der Waals surface area contributed by atoms with Crippen LogP contribution in [0.3, 0.4) is 0 Å². The molecule has 8 nitrogen and oxygen atoms in total. The number of carbonyl (C=O) groups excluding carboxylic acids is 5. The van der Waals surface area contributed by atoms with Crippen LogP contribution >= 0.6 is 0 Å². The second-order valence-electron chi connectivity index (χ2n) is 12.2. The zero-order valence-corrected chi connectivity index (χ0v) is 24.0. The van der Waals surface area contributed by atoms with Gasteiger partial charge in [-0.05, 0) is 48.4 Å². The second-order valence-corrected chi connectivity index (χ2v) is 12.2. The molecule has 1 saturated carbocycles. The van der Waals surface area contributed by atoms with Crippen molar-refractivity contribution < 1.29 is 29.1 Å². The maximum atomic E-state index is 14.9. The van der Waals surface area contributed by atoms with Gasteiger partial charge in [0, 0.05) is 23.0 Å². The third-order valence-corrected chi connectivity index (χ3v) is 10.2. The summed E-state index contributed by atoms with van der Waals surface area (Å²) in [4.78, 5) is 69.3. The summed E-state index contributed by atoms with van der Waals surface area (Å²) in [6, 6.07) is 22.4. The van der Waals surface area contributed by atoms with Crippen molar-refractivity contribution in [1.82, 2.24) is 4.90 Å². The number of carbonyl (C=O) groups is 5. The van der Waals surface area contributed by atoms with E-state index < -0.39 is 52.8 Å². The molecule has 4 amide bonds. The summed E-state index contributed by atoms with van der Waals surface area (Å²) < 4.78 is 0. The van der Waals surface area contributed by atoms with Crippen molar-refractivity contribution in [3.8, 4) is 5.75 Å². The summed E-state index contributed by atoms with van der Waals surface area (Å²) >= 11 is 0. The smallest absolute Gasteiger partial charge is 0.328 e. The fourth-order valence-corrected chi connectivity index (χ4v) is 8.35. The van der Waals surface area contributed by atoms with Gasteiger partial charge in [0.05, 0.1) is 17.3 Å². The molecule has 0 aromatic heterocycles. The highest BCUT2D eigenvalue weighted by molar-refractivity contribution is 6.31. The molecule has 8 heteroatoms. The Labute approximate surface area is 253 Å². The molecule has 3 aromatic rings. The number of nitrogens with two attached hydrogens (primary N) is 1. The number of phenols is 1. The molecule has 44 heavy (non-hydrogen) atoms. The quantitative estimate of drug-likeness (QED) is 0.340. The van der Waals surface area contributed by atoms with E-state index in [9.17, 15) is 29.1 Å². The molecule has 1 aliphatic heterocycles. The Balaban J connectivity index is 1.53. The molecule has 0 radical (unpaired) electrons. The minimum atomic E-state index is -1.44. The fourth-order valence-electron chi connectivity index (χ4n) is 8.35. The molecule has 1 saturated heterocycles. The standard InChI is InChI=1S/C36H30N2O6/c1-19-9-8-14-24(31(19)40)30-22-15-16-23-29(34(43)38(33(23)42)35(37)44)26(22)17-27-32(41)25(20-10-4-2-5-11-20)18-28(39)36(27,30)21-12-6-3-7-13-21/h2-15,18,23,26-27,29-30,40H,16-17H2,1H3,(H2,37,44). The average molecular weight is 587 g/mol. The number of fused-ring (bicyclic) bond motifs is 4. The van der Waals surface area contributed by atoms with Crippen LogP contribution in [0.5, 0.6) is 5.75 Å². The number of Topliss-reactive ketones (excluding diaryl/α,β-unsaturated/α-hetero) is 1. The van der Waals surface area contributed by atoms with E-state index in [0.29, 0.717) is 32.7 Å². The van der Waals surface area contributed by atoms with Crippen molar-refractivity contribution in [3.63, 3.8) is 0 Å². The lowest BCUT2D eigenvalue weighted by Crippen LogP contribution is -2.58. The van der Waals surface area contributed by atoms with Crippen LogP contribution in [-0.2, 0) is 24.6 Å². The van der Waals surface area contributed by atoms with E-state index in [1.807, 2.05) is 42.5 Å². The van der Waals surface area contributed by atoms with E-state index in [0.717, 1.165) is 0 Å². The number of nitrogens with zero attached hydrogens (tertiary/aromatic N) is 1. The van der Waals surface area contributed by atoms with Crippen LogP contribution in [0.1, 0.15) is 41.0 Å². The number of hydrogen-bond acceptors (Lipinski definition) is 6. The number of likely N-dealkylation sites (tertiary alicyclic amines) is 1. The lowest BCUT2D eigenvalue weighted by molar-refractivity contribution is -0.137. The van der Waals surface area contributed by atoms with E-state index >= 15 is 0 Å². The Morgan fingerprint density at radius 2 is 1.57 bits per heavy atom. The predicted molar refractivity (Wildman–Crippen MR) is 161 cm³/mol. The predicted octanol–water partition coefficient (Wildman–Crippen LogP) is 4.60. The number of allylic oxidation sites excluding steroid dienone is 4. The third kappa shape index (κ3) is 3.66. The van der Waals surface area contributed by atoms with E-state index in [4.69, 9.17) is 5.73 Å². The minimum Gasteiger partial charge on any atom is -0.507 e. The number of benzene rings is 3. The molecule has 6 unspecified atom stereocenters. The summed E-state index contributed by atoms with van der Waals surface area (Å²) in [5, 5.41) is 11.5. The lowest BCUT2D eigenvalue weighted by Gasteiger charge is -2.55. The van der Waals surface area contributed by atoms with Crippen molar-refractivity contribution in [2.45, 2.75) is 31.1 Å². The van der Waals surface area contributed by atoms with Gasteiger partial charge in [-0.2, -0.15) is 4.90 Å². The van der Waals surface area contributed by atoms with Crippen molar-refractivity contribution in [2.75, 3.05) is 0 Å². The largest absolute Gasteiger partial charge is 0.507 e. The number of primary amides is 1. The number of urea groups is 1. The molecule has 3 aromatic carbocycles. The zero-order chi connectivity index (χ0) is 30.9. The Hall–Kier alpha value is -5.11. The van der Waals surface area contributed by atoms with Gasteiger partial charge in [-0.15, -0.1) is 0 Å². The molecule has 1 heterocycles. The van der Waals surface area contributed by atoms with E-state index in [1.165, 1.54) is 6.08 Å². The first-order valence-corrected chi connectivity index (χ1v) is 14.7. The molecule has 6 atom stereocenters. The summed E-state index contributed by atoms with van der Waals surface area (Å²) in [6.45, 7) is 1.77. The number of phenolic OH excluding ortho intramolecular Hbond substituents is 1. The monoisotopic (exact) mass is 586 g/mol. The lowest BCUT2D eigenvalue weighted by atomic mass is 9.44. The van der Waals surface area contributed by atoms with E-state index in [2.05, 4.69) is 0 Å². The second kappa shape index (κ2) is 9.98. The summed E-state index contributed by atoms with van der Waals surface area (Å²) in [6.07, 6.45) is 3.58. The molecule has 0 bridgehead atoms. The third-order valence-electron chi connectivity index (χ3n) is 10.2. The van der Waals surface area contributed by atoms with Crippen molar-refractivity contribution in [3.05, 3.63) is 119 Å². The Kier molecular flexibility index (Phi) is 6.28. The molecule has 2 fully saturated rings. The highest BCUT2D eigenvalue weighted by Gasteiger charge is 2.66. The number of ketones is 2. The number of aromatic hydroxyl groups is 1. The number of rotatable bonds is 3.